The number of nitrogens with zero attached hydrogens (tertiary/aromatic N) is 6. The minimum absolute atomic E-state index is 0.0810. The topological polar surface area (TPSA) is 67.2 Å². The van der Waals surface area contributed by atoms with Crippen LogP contribution in [0.1, 0.15) is 24.2 Å². The lowest BCUT2D eigenvalue weighted by Gasteiger charge is -2.36. The fraction of sp³-hybridized carbons (Fsp3) is 0.455. The van der Waals surface area contributed by atoms with Crippen LogP contribution < -0.4 is 10.5 Å². The Hall–Kier alpha value is -2.80. The van der Waals surface area contributed by atoms with Gasteiger partial charge in [-0.1, -0.05) is 0 Å². The van der Waals surface area contributed by atoms with E-state index in [4.69, 9.17) is 0 Å². The van der Waals surface area contributed by atoms with Crippen molar-refractivity contribution in [3.63, 3.8) is 0 Å². The lowest BCUT2D eigenvalue weighted by molar-refractivity contribution is 0.246. The Morgan fingerprint density at radius 1 is 1.10 bits per heavy atom. The fourth-order valence-corrected chi connectivity index (χ4v) is 4.04. The molecule has 1 aromatic carbocycles. The molecular weight excluding hydrogens is 364 g/mol. The van der Waals surface area contributed by atoms with Gasteiger partial charge >= 0.3 is 0 Å². The molecule has 0 spiro atoms. The number of fused-ring (bicyclic) bond motifs is 1. The molecule has 0 radical (unpaired) electrons. The summed E-state index contributed by atoms with van der Waals surface area (Å²) in [6.45, 7) is 7.46. The molecule has 150 valence electrons. The van der Waals surface area contributed by atoms with Crippen molar-refractivity contribution < 1.29 is 0 Å². The molecule has 1 saturated heterocycles. The van der Waals surface area contributed by atoms with Gasteiger partial charge in [0.05, 0.1) is 28.6 Å². The molecule has 0 atom stereocenters. The zero-order valence-electron chi connectivity index (χ0n) is 16.8. The molecule has 3 heterocycles. The van der Waals surface area contributed by atoms with Gasteiger partial charge in [-0.2, -0.15) is 0 Å². The molecule has 5 rings (SSSR count). The van der Waals surface area contributed by atoms with E-state index in [1.54, 1.807) is 17.1 Å². The van der Waals surface area contributed by atoms with E-state index < -0.39 is 0 Å². The van der Waals surface area contributed by atoms with E-state index in [1.807, 2.05) is 19.2 Å². The average molecular weight is 390 g/mol. The molecular formula is C22H26N6O. The third-order valence-electron chi connectivity index (χ3n) is 5.89. The molecule has 29 heavy (non-hydrogen) atoms. The Morgan fingerprint density at radius 3 is 2.69 bits per heavy atom. The predicted molar refractivity (Wildman–Crippen MR) is 113 cm³/mol. The van der Waals surface area contributed by atoms with Gasteiger partial charge in [-0.15, -0.1) is 0 Å². The van der Waals surface area contributed by atoms with Gasteiger partial charge in [0.15, 0.2) is 0 Å². The van der Waals surface area contributed by atoms with Crippen LogP contribution in [0.5, 0.6) is 0 Å². The van der Waals surface area contributed by atoms with Crippen molar-refractivity contribution in [1.29, 1.82) is 0 Å². The van der Waals surface area contributed by atoms with E-state index >= 15 is 0 Å². The molecule has 0 N–H and O–H groups in total. The summed E-state index contributed by atoms with van der Waals surface area (Å²) in [5, 5.41) is 0.716. The first-order chi connectivity index (χ1) is 14.2. The van der Waals surface area contributed by atoms with Crippen LogP contribution in [0.25, 0.3) is 10.9 Å². The van der Waals surface area contributed by atoms with Crippen LogP contribution in [0.4, 0.5) is 5.69 Å². The van der Waals surface area contributed by atoms with Gasteiger partial charge in [0, 0.05) is 57.3 Å². The Labute approximate surface area is 170 Å². The molecule has 7 heteroatoms. The molecule has 1 saturated carbocycles. The first-order valence-corrected chi connectivity index (χ1v) is 10.4. The SMILES string of the molecule is Cc1cncc(CN2CCN(c3ccc4c(=O)n(CC5CC5)cnc4c3)CC2)n1. The van der Waals surface area contributed by atoms with E-state index in [0.717, 1.165) is 61.9 Å². The van der Waals surface area contributed by atoms with Gasteiger partial charge in [-0.05, 0) is 43.9 Å². The Morgan fingerprint density at radius 2 is 1.93 bits per heavy atom. The van der Waals surface area contributed by atoms with Crippen molar-refractivity contribution in [3.8, 4) is 0 Å². The zero-order chi connectivity index (χ0) is 19.8. The third kappa shape index (κ3) is 4.00. The van der Waals surface area contributed by atoms with E-state index in [9.17, 15) is 4.79 Å². The highest BCUT2D eigenvalue weighted by molar-refractivity contribution is 5.81. The van der Waals surface area contributed by atoms with Gasteiger partial charge < -0.3 is 4.90 Å². The van der Waals surface area contributed by atoms with E-state index in [1.165, 1.54) is 12.8 Å². The minimum atomic E-state index is 0.0810. The lowest BCUT2D eigenvalue weighted by Crippen LogP contribution is -2.46. The number of benzene rings is 1. The van der Waals surface area contributed by atoms with Crippen LogP contribution in [0, 0.1) is 12.8 Å². The van der Waals surface area contributed by atoms with Crippen LogP contribution in [0.15, 0.2) is 41.7 Å². The van der Waals surface area contributed by atoms with Crippen molar-refractivity contribution in [1.82, 2.24) is 24.4 Å². The molecule has 0 amide bonds. The molecule has 3 aromatic rings. The number of piperazine rings is 1. The van der Waals surface area contributed by atoms with Crippen molar-refractivity contribution in [2.24, 2.45) is 5.92 Å². The summed E-state index contributed by atoms with van der Waals surface area (Å²) in [6.07, 6.45) is 7.81. The molecule has 1 aliphatic carbocycles. The number of hydrogen-bond donors (Lipinski definition) is 0. The predicted octanol–water partition coefficient (Wildman–Crippen LogP) is 2.23. The van der Waals surface area contributed by atoms with Crippen molar-refractivity contribution >= 4 is 16.6 Å². The standard InChI is InChI=1S/C22H26N6O/c1-16-11-23-12-18(25-16)14-26-6-8-27(9-7-26)19-4-5-20-21(10-19)24-15-28(22(20)29)13-17-2-3-17/h4-5,10-12,15,17H,2-3,6-9,13-14H2,1H3. The van der Waals surface area contributed by atoms with Crippen molar-refractivity contribution in [3.05, 3.63) is 58.7 Å². The summed E-state index contributed by atoms with van der Waals surface area (Å²) < 4.78 is 1.77. The molecule has 0 bridgehead atoms. The molecule has 0 unspecified atom stereocenters. The molecule has 2 aromatic heterocycles. The first kappa shape index (κ1) is 18.2. The maximum absolute atomic E-state index is 12.7. The second-order valence-corrected chi connectivity index (χ2v) is 8.26. The number of aromatic nitrogens is 4. The number of rotatable bonds is 5. The molecule has 2 aliphatic rings. The summed E-state index contributed by atoms with van der Waals surface area (Å²) in [4.78, 5) is 30.9. The third-order valence-corrected chi connectivity index (χ3v) is 5.89. The van der Waals surface area contributed by atoms with Crippen LogP contribution in [0.2, 0.25) is 0 Å². The van der Waals surface area contributed by atoms with E-state index in [-0.39, 0.29) is 5.56 Å². The Balaban J connectivity index is 1.27. The number of hydrogen-bond acceptors (Lipinski definition) is 6. The smallest absolute Gasteiger partial charge is 0.261 e. The van der Waals surface area contributed by atoms with Crippen molar-refractivity contribution in [2.75, 3.05) is 31.1 Å². The lowest BCUT2D eigenvalue weighted by atomic mass is 10.2. The number of anilines is 1. The van der Waals surface area contributed by atoms with Crippen LogP contribution in [-0.4, -0.2) is 50.6 Å². The first-order valence-electron chi connectivity index (χ1n) is 10.4. The maximum atomic E-state index is 12.7. The van der Waals surface area contributed by atoms with Crippen LogP contribution in [0.3, 0.4) is 0 Å². The zero-order valence-corrected chi connectivity index (χ0v) is 16.8. The second-order valence-electron chi connectivity index (χ2n) is 8.26. The van der Waals surface area contributed by atoms with Gasteiger partial charge in [0.2, 0.25) is 0 Å². The van der Waals surface area contributed by atoms with E-state index in [2.05, 4.69) is 36.9 Å². The molecule has 1 aliphatic heterocycles. The van der Waals surface area contributed by atoms with Crippen molar-refractivity contribution in [2.45, 2.75) is 32.9 Å². The number of aryl methyl sites for hydroxylation is 1. The largest absolute Gasteiger partial charge is 0.369 e. The highest BCUT2D eigenvalue weighted by atomic mass is 16.1. The monoisotopic (exact) mass is 390 g/mol. The fourth-order valence-electron chi connectivity index (χ4n) is 4.04. The summed E-state index contributed by atoms with van der Waals surface area (Å²) in [7, 11) is 0. The Bertz CT molecular complexity index is 1080. The highest BCUT2D eigenvalue weighted by Crippen LogP contribution is 2.30. The molecule has 2 fully saturated rings. The minimum Gasteiger partial charge on any atom is -0.369 e. The second kappa shape index (κ2) is 7.55. The van der Waals surface area contributed by atoms with Crippen LogP contribution in [-0.2, 0) is 13.1 Å². The quantitative estimate of drug-likeness (QED) is 0.666. The summed E-state index contributed by atoms with van der Waals surface area (Å²) >= 11 is 0. The van der Waals surface area contributed by atoms with Gasteiger partial charge in [-0.25, -0.2) is 4.98 Å². The van der Waals surface area contributed by atoms with Gasteiger partial charge in [0.1, 0.15) is 0 Å². The normalized spacial score (nSPS) is 17.8. The Kier molecular flexibility index (Phi) is 4.75. The summed E-state index contributed by atoms with van der Waals surface area (Å²) in [5.41, 5.74) is 3.99. The average Bonchev–Trinajstić information content (AvgIpc) is 3.55. The summed E-state index contributed by atoms with van der Waals surface area (Å²) in [6, 6.07) is 6.06. The van der Waals surface area contributed by atoms with Gasteiger partial charge in [-0.3, -0.25) is 24.2 Å². The van der Waals surface area contributed by atoms with Gasteiger partial charge in [0.25, 0.3) is 5.56 Å². The van der Waals surface area contributed by atoms with E-state index in [0.29, 0.717) is 11.3 Å². The highest BCUT2D eigenvalue weighted by Gasteiger charge is 2.23. The molecule has 7 nitrogen and oxygen atoms in total. The summed E-state index contributed by atoms with van der Waals surface area (Å²) in [5.74, 6) is 0.660. The maximum Gasteiger partial charge on any atom is 0.261 e. The van der Waals surface area contributed by atoms with Crippen LogP contribution >= 0.6 is 0 Å².